The fourth-order valence-corrected chi connectivity index (χ4v) is 2.10. The van der Waals surface area contributed by atoms with Gasteiger partial charge in [0, 0.05) is 43.7 Å². The van der Waals surface area contributed by atoms with Crippen molar-refractivity contribution in [3.8, 4) is 0 Å². The first-order valence-corrected chi connectivity index (χ1v) is 7.63. The normalized spacial score (nSPS) is 10.6. The van der Waals surface area contributed by atoms with E-state index >= 15 is 0 Å². The molecule has 0 unspecified atom stereocenters. The molecule has 1 rings (SSSR count). The molecule has 6 heteroatoms. The van der Waals surface area contributed by atoms with Crippen molar-refractivity contribution in [2.45, 2.75) is 20.3 Å². The van der Waals surface area contributed by atoms with Crippen LogP contribution >= 0.6 is 11.6 Å². The molecule has 2 amide bonds. The van der Waals surface area contributed by atoms with Crippen LogP contribution in [0.25, 0.3) is 0 Å². The number of hydrogen-bond donors (Lipinski definition) is 1. The molecular weight excluding hydrogens is 302 g/mol. The number of benzene rings is 1. The predicted octanol–water partition coefficient (Wildman–Crippen LogP) is 2.39. The van der Waals surface area contributed by atoms with Gasteiger partial charge in [0.1, 0.15) is 0 Å². The van der Waals surface area contributed by atoms with Gasteiger partial charge in [0.25, 0.3) is 0 Å². The van der Waals surface area contributed by atoms with Gasteiger partial charge in [0.05, 0.1) is 0 Å². The third-order valence-corrected chi connectivity index (χ3v) is 3.58. The van der Waals surface area contributed by atoms with Crippen molar-refractivity contribution >= 4 is 29.1 Å². The fraction of sp³-hybridized carbons (Fsp3) is 0.500. The molecule has 0 heterocycles. The molecule has 22 heavy (non-hydrogen) atoms. The number of nitrogens with one attached hydrogen (secondary N) is 1. The first-order valence-electron chi connectivity index (χ1n) is 7.26. The maximum atomic E-state index is 12.0. The molecule has 1 N–H and O–H groups in total. The van der Waals surface area contributed by atoms with Gasteiger partial charge in [-0.15, -0.1) is 0 Å². The van der Waals surface area contributed by atoms with Gasteiger partial charge in [-0.3, -0.25) is 9.59 Å². The van der Waals surface area contributed by atoms with E-state index in [0.29, 0.717) is 23.8 Å². The van der Waals surface area contributed by atoms with Crippen LogP contribution in [0.15, 0.2) is 18.2 Å². The van der Waals surface area contributed by atoms with Crippen molar-refractivity contribution in [3.63, 3.8) is 0 Å². The number of likely N-dealkylation sites (N-methyl/N-ethyl adjacent to an activating group) is 1. The maximum absolute atomic E-state index is 12.0. The van der Waals surface area contributed by atoms with Crippen LogP contribution < -0.4 is 5.32 Å². The fourth-order valence-electron chi connectivity index (χ4n) is 1.93. The van der Waals surface area contributed by atoms with Crippen LogP contribution in [0.3, 0.4) is 0 Å². The summed E-state index contributed by atoms with van der Waals surface area (Å²) in [5, 5.41) is 3.42. The van der Waals surface area contributed by atoms with Crippen molar-refractivity contribution in [1.29, 1.82) is 0 Å². The number of hydrogen-bond acceptors (Lipinski definition) is 3. The lowest BCUT2D eigenvalue weighted by Gasteiger charge is -2.22. The molecule has 0 aromatic heterocycles. The number of amides is 2. The Bertz CT molecular complexity index is 532. The second-order valence-electron chi connectivity index (χ2n) is 5.57. The second-order valence-corrected chi connectivity index (χ2v) is 6.00. The third-order valence-electron chi connectivity index (χ3n) is 3.34. The highest BCUT2D eigenvalue weighted by Gasteiger charge is 2.12. The molecule has 0 aliphatic heterocycles. The summed E-state index contributed by atoms with van der Waals surface area (Å²) in [6.45, 7) is 5.23. The van der Waals surface area contributed by atoms with Crippen LogP contribution in [0.2, 0.25) is 5.02 Å². The Kier molecular flexibility index (Phi) is 7.35. The lowest BCUT2D eigenvalue weighted by Crippen LogP contribution is -2.37. The van der Waals surface area contributed by atoms with Crippen molar-refractivity contribution in [2.75, 3.05) is 39.0 Å². The Labute approximate surface area is 137 Å². The molecule has 0 atom stereocenters. The summed E-state index contributed by atoms with van der Waals surface area (Å²) in [7, 11) is 3.90. The smallest absolute Gasteiger partial charge is 0.226 e. The van der Waals surface area contributed by atoms with Crippen LogP contribution in [0.5, 0.6) is 0 Å². The van der Waals surface area contributed by atoms with E-state index in [0.717, 1.165) is 12.1 Å². The first-order chi connectivity index (χ1) is 10.3. The highest BCUT2D eigenvalue weighted by atomic mass is 35.5. The van der Waals surface area contributed by atoms with Crippen molar-refractivity contribution < 1.29 is 9.59 Å². The van der Waals surface area contributed by atoms with Crippen LogP contribution in [-0.4, -0.2) is 55.3 Å². The number of rotatable bonds is 7. The van der Waals surface area contributed by atoms with Gasteiger partial charge in [-0.2, -0.15) is 0 Å². The Morgan fingerprint density at radius 1 is 1.18 bits per heavy atom. The quantitative estimate of drug-likeness (QED) is 0.837. The maximum Gasteiger partial charge on any atom is 0.226 e. The van der Waals surface area contributed by atoms with E-state index in [1.807, 2.05) is 32.0 Å². The van der Waals surface area contributed by atoms with Crippen LogP contribution in [0.1, 0.15) is 18.9 Å². The summed E-state index contributed by atoms with van der Waals surface area (Å²) in [5.74, 6) is -0.143. The summed E-state index contributed by atoms with van der Waals surface area (Å²) < 4.78 is 0. The zero-order chi connectivity index (χ0) is 16.7. The van der Waals surface area contributed by atoms with Crippen molar-refractivity contribution in [3.05, 3.63) is 28.8 Å². The Morgan fingerprint density at radius 3 is 2.45 bits per heavy atom. The predicted molar refractivity (Wildman–Crippen MR) is 90.2 cm³/mol. The molecule has 0 saturated heterocycles. The number of carbonyl (C=O) groups excluding carboxylic acids is 2. The number of carbonyl (C=O) groups is 2. The summed E-state index contributed by atoms with van der Waals surface area (Å²) in [6, 6.07) is 5.37. The highest BCUT2D eigenvalue weighted by molar-refractivity contribution is 6.31. The number of halogens is 1. The summed E-state index contributed by atoms with van der Waals surface area (Å²) >= 11 is 5.93. The molecule has 0 saturated carbocycles. The molecule has 0 radical (unpaired) electrons. The van der Waals surface area contributed by atoms with Gasteiger partial charge in [-0.05, 0) is 38.7 Å². The average molecular weight is 326 g/mol. The van der Waals surface area contributed by atoms with E-state index in [1.54, 1.807) is 17.0 Å². The molecule has 122 valence electrons. The summed E-state index contributed by atoms with van der Waals surface area (Å²) in [6.07, 6.45) is 0.263. The van der Waals surface area contributed by atoms with E-state index in [4.69, 9.17) is 11.6 Å². The minimum absolute atomic E-state index is 0.0198. The van der Waals surface area contributed by atoms with Crippen LogP contribution in [-0.2, 0) is 9.59 Å². The summed E-state index contributed by atoms with van der Waals surface area (Å²) in [5.41, 5.74) is 1.66. The van der Waals surface area contributed by atoms with E-state index in [9.17, 15) is 9.59 Å². The molecule has 0 aliphatic carbocycles. The van der Waals surface area contributed by atoms with Gasteiger partial charge >= 0.3 is 0 Å². The highest BCUT2D eigenvalue weighted by Crippen LogP contribution is 2.20. The molecule has 5 nitrogen and oxygen atoms in total. The zero-order valence-corrected chi connectivity index (χ0v) is 14.4. The molecule has 0 fully saturated rings. The van der Waals surface area contributed by atoms with E-state index in [2.05, 4.69) is 5.32 Å². The average Bonchev–Trinajstić information content (AvgIpc) is 2.42. The second kappa shape index (κ2) is 8.76. The number of aryl methyl sites for hydroxylation is 1. The van der Waals surface area contributed by atoms with Crippen LogP contribution in [0, 0.1) is 6.92 Å². The molecular formula is C16H24ClN3O2. The molecule has 0 spiro atoms. The largest absolute Gasteiger partial charge is 0.341 e. The summed E-state index contributed by atoms with van der Waals surface area (Å²) in [4.78, 5) is 27.3. The number of nitrogens with zero attached hydrogens (tertiary/aromatic N) is 2. The standard InChI is InChI=1S/C16H24ClN3O2/c1-12-5-6-14(17)11-15(12)18-16(22)7-8-20(13(2)21)10-9-19(3)4/h5-6,11H,7-10H2,1-4H3,(H,18,22). The SMILES string of the molecule is CC(=O)N(CCC(=O)Nc1cc(Cl)ccc1C)CCN(C)C. The molecule has 1 aromatic carbocycles. The Balaban J connectivity index is 2.53. The monoisotopic (exact) mass is 325 g/mol. The van der Waals surface area contributed by atoms with Crippen molar-refractivity contribution in [2.24, 2.45) is 0 Å². The number of anilines is 1. The van der Waals surface area contributed by atoms with Gasteiger partial charge in [-0.25, -0.2) is 0 Å². The van der Waals surface area contributed by atoms with Gasteiger partial charge in [0.15, 0.2) is 0 Å². The molecule has 0 aliphatic rings. The first kappa shape index (κ1) is 18.5. The lowest BCUT2D eigenvalue weighted by molar-refractivity contribution is -0.129. The lowest BCUT2D eigenvalue weighted by atomic mass is 10.2. The van der Waals surface area contributed by atoms with Gasteiger partial charge < -0.3 is 15.1 Å². The van der Waals surface area contributed by atoms with Crippen LogP contribution in [0.4, 0.5) is 5.69 Å². The topological polar surface area (TPSA) is 52.7 Å². The van der Waals surface area contributed by atoms with E-state index in [-0.39, 0.29) is 18.2 Å². The Hall–Kier alpha value is -1.59. The molecule has 1 aromatic rings. The van der Waals surface area contributed by atoms with Gasteiger partial charge in [-0.1, -0.05) is 17.7 Å². The zero-order valence-electron chi connectivity index (χ0n) is 13.6. The molecule has 0 bridgehead atoms. The van der Waals surface area contributed by atoms with E-state index < -0.39 is 0 Å². The van der Waals surface area contributed by atoms with Gasteiger partial charge in [0.2, 0.25) is 11.8 Å². The Morgan fingerprint density at radius 2 is 1.86 bits per heavy atom. The van der Waals surface area contributed by atoms with Crippen molar-refractivity contribution in [1.82, 2.24) is 9.80 Å². The third kappa shape index (κ3) is 6.45. The van der Waals surface area contributed by atoms with E-state index in [1.165, 1.54) is 6.92 Å². The minimum Gasteiger partial charge on any atom is -0.341 e. The minimum atomic E-state index is -0.124.